The van der Waals surface area contributed by atoms with Gasteiger partial charge >= 0.3 is 0 Å². The molecule has 0 radical (unpaired) electrons. The maximum atomic E-state index is 14.0. The van der Waals surface area contributed by atoms with Gasteiger partial charge in [-0.05, 0) is 79.5 Å². The Balaban J connectivity index is 0.725. The summed E-state index contributed by atoms with van der Waals surface area (Å²) in [5.41, 5.74) is 11.4. The second-order valence-corrected chi connectivity index (χ2v) is 21.1. The smallest absolute Gasteiger partial charge is 0.246 e. The summed E-state index contributed by atoms with van der Waals surface area (Å²) < 4.78 is 6.01. The molecule has 3 heterocycles. The summed E-state index contributed by atoms with van der Waals surface area (Å²) in [6.45, 7) is 8.45. The average Bonchev–Trinajstić information content (AvgIpc) is 3.89. The number of aryl methyl sites for hydroxylation is 1. The Labute approximate surface area is 398 Å². The number of thiazole rings is 1. The van der Waals surface area contributed by atoms with E-state index in [9.17, 15) is 29.4 Å². The predicted molar refractivity (Wildman–Crippen MR) is 259 cm³/mol. The van der Waals surface area contributed by atoms with Crippen molar-refractivity contribution in [2.45, 2.75) is 154 Å². The molecule has 1 aliphatic heterocycles. The molecule has 2 aromatic heterocycles. The second kappa shape index (κ2) is 21.6. The van der Waals surface area contributed by atoms with Crippen LogP contribution in [0, 0.1) is 17.8 Å². The molecule has 8 rings (SSSR count). The van der Waals surface area contributed by atoms with Crippen LogP contribution in [0.5, 0.6) is 11.5 Å². The molecule has 0 spiro atoms. The number of para-hydroxylation sites is 1. The van der Waals surface area contributed by atoms with Gasteiger partial charge < -0.3 is 41.5 Å². The lowest BCUT2D eigenvalue weighted by molar-refractivity contribution is -0.171. The normalized spacial score (nSPS) is 21.2. The first-order chi connectivity index (χ1) is 32.0. The number of likely N-dealkylation sites (tertiary alicyclic amines) is 1. The molecule has 4 fully saturated rings. The summed E-state index contributed by atoms with van der Waals surface area (Å²) >= 11 is 1.58. The number of aromatic hydroxyl groups is 1. The lowest BCUT2D eigenvalue weighted by Gasteiger charge is -2.71. The molecule has 3 aliphatic carbocycles. The number of rotatable bonds is 23. The van der Waals surface area contributed by atoms with E-state index >= 15 is 0 Å². The number of amides is 4. The molecule has 15 nitrogen and oxygen atoms in total. The minimum absolute atomic E-state index is 0.0323. The lowest BCUT2D eigenvalue weighted by atomic mass is 9.38. The molecule has 2 bridgehead atoms. The molecule has 4 amide bonds. The van der Waals surface area contributed by atoms with Crippen LogP contribution in [0.4, 0.5) is 5.82 Å². The zero-order chi connectivity index (χ0) is 47.8. The monoisotopic (exact) mass is 936 g/mol. The number of nitrogen functional groups attached to an aromatic ring is 1. The highest BCUT2D eigenvalue weighted by Crippen LogP contribution is 2.69. The Hall–Kier alpha value is -5.61. The Morgan fingerprint density at radius 3 is 2.22 bits per heavy atom. The van der Waals surface area contributed by atoms with Crippen molar-refractivity contribution in [3.63, 3.8) is 0 Å². The summed E-state index contributed by atoms with van der Waals surface area (Å²) in [6.07, 6.45) is 11.6. The standard InChI is InChI=1S/C51H68N8O7S/c1-33-44(67-32-54-33)35-21-19-34(20-22-35)27-53-47(64)39-25-36(60)28-59(39)48(65)45(49(2,3)4)55-42(62)17-11-9-7-5-6-8-10-12-18-43(63)56-51-29-50(30-51,31-51)23-24-66-41-26-38(57-58-46(41)52)37-15-13-14-16-40(37)61/h13-16,19-22,26,32,36,39,45,60-61H,5-12,17-18,23-25,27-31H2,1-4H3,(H2,52,58)(H,53,64)(H,55,62)(H,56,63)/t36-,39+,45-,50?,51?/m1/s1. The number of phenolic OH excluding ortho intramolecular Hbond substituents is 1. The van der Waals surface area contributed by atoms with Crippen molar-refractivity contribution in [1.82, 2.24) is 36.0 Å². The van der Waals surface area contributed by atoms with Gasteiger partial charge in [-0.3, -0.25) is 19.2 Å². The van der Waals surface area contributed by atoms with Crippen molar-refractivity contribution in [2.24, 2.45) is 10.8 Å². The zero-order valence-corrected chi connectivity index (χ0v) is 40.3. The number of carbonyl (C=O) groups is 4. The molecule has 4 aromatic rings. The summed E-state index contributed by atoms with van der Waals surface area (Å²) in [5.74, 6) is 0.00213. The molecule has 4 aliphatic rings. The Kier molecular flexibility index (Phi) is 15.9. The Morgan fingerprint density at radius 2 is 1.58 bits per heavy atom. The van der Waals surface area contributed by atoms with E-state index < -0.39 is 23.6 Å². The number of carbonyl (C=O) groups excluding carboxylic acids is 4. The number of aromatic nitrogens is 3. The first kappa shape index (κ1) is 49.3. The molecule has 3 atom stereocenters. The van der Waals surface area contributed by atoms with Gasteiger partial charge in [0.25, 0.3) is 0 Å². The first-order valence-corrected chi connectivity index (χ1v) is 24.8. The van der Waals surface area contributed by atoms with E-state index in [2.05, 4.69) is 31.1 Å². The third-order valence-electron chi connectivity index (χ3n) is 13.7. The number of ether oxygens (including phenoxy) is 1. The SMILES string of the molecule is Cc1ncsc1-c1ccc(CNC(=O)[C@@H]2C[C@@H](O)CN2C(=O)[C@@H](NC(=O)CCCCCCCCCCC(=O)NC23CC(CCOc4cc(-c5ccccc5O)nnc4N)(C2)C3)C(C)(C)C)cc1. The molecule has 0 unspecified atom stereocenters. The van der Waals surface area contributed by atoms with Gasteiger partial charge in [-0.2, -0.15) is 0 Å². The van der Waals surface area contributed by atoms with Gasteiger partial charge in [0.1, 0.15) is 23.5 Å². The minimum atomic E-state index is -0.850. The average molecular weight is 937 g/mol. The Morgan fingerprint density at radius 1 is 0.925 bits per heavy atom. The number of phenols is 1. The van der Waals surface area contributed by atoms with E-state index in [-0.39, 0.29) is 65.7 Å². The number of nitrogens with one attached hydrogen (secondary N) is 3. The molecule has 2 aromatic carbocycles. The van der Waals surface area contributed by atoms with Gasteiger partial charge in [-0.15, -0.1) is 21.5 Å². The van der Waals surface area contributed by atoms with Crippen LogP contribution in [0.25, 0.3) is 21.7 Å². The zero-order valence-electron chi connectivity index (χ0n) is 39.4. The highest BCUT2D eigenvalue weighted by Gasteiger charge is 2.67. The number of unbranched alkanes of at least 4 members (excludes halogenated alkanes) is 7. The minimum Gasteiger partial charge on any atom is -0.507 e. The van der Waals surface area contributed by atoms with Gasteiger partial charge in [-0.1, -0.05) is 95.7 Å². The molecule has 16 heteroatoms. The largest absolute Gasteiger partial charge is 0.507 e. The molecule has 7 N–H and O–H groups in total. The third-order valence-corrected chi connectivity index (χ3v) is 14.6. The van der Waals surface area contributed by atoms with Gasteiger partial charge in [0.15, 0.2) is 11.6 Å². The molecule has 67 heavy (non-hydrogen) atoms. The van der Waals surface area contributed by atoms with E-state index in [4.69, 9.17) is 10.5 Å². The molecular formula is C51H68N8O7S. The number of nitrogens with zero attached hydrogens (tertiary/aromatic N) is 4. The summed E-state index contributed by atoms with van der Waals surface area (Å²) in [7, 11) is 0. The summed E-state index contributed by atoms with van der Waals surface area (Å²) in [5, 5.41) is 38.1. The van der Waals surface area contributed by atoms with Crippen LogP contribution in [0.3, 0.4) is 0 Å². The van der Waals surface area contributed by atoms with E-state index in [1.165, 1.54) is 4.90 Å². The van der Waals surface area contributed by atoms with Crippen molar-refractivity contribution in [3.05, 3.63) is 71.4 Å². The highest BCUT2D eigenvalue weighted by atomic mass is 32.1. The number of aliphatic hydroxyl groups is 1. The molecule has 1 saturated heterocycles. The number of hydrogen-bond acceptors (Lipinski definition) is 12. The van der Waals surface area contributed by atoms with Gasteiger partial charge in [-0.25, -0.2) is 4.98 Å². The first-order valence-electron chi connectivity index (χ1n) is 23.9. The maximum Gasteiger partial charge on any atom is 0.246 e. The number of β-amino-alcohol motifs (C(OH)–C–C–N with tert-alkyl or cyclic N) is 1. The van der Waals surface area contributed by atoms with Gasteiger partial charge in [0, 0.05) is 49.5 Å². The fourth-order valence-corrected chi connectivity index (χ4v) is 10.9. The molecule has 3 saturated carbocycles. The second-order valence-electron chi connectivity index (χ2n) is 20.2. The van der Waals surface area contributed by atoms with Crippen LogP contribution in [0.15, 0.2) is 60.1 Å². The van der Waals surface area contributed by atoms with Crippen LogP contribution < -0.4 is 26.4 Å². The highest BCUT2D eigenvalue weighted by molar-refractivity contribution is 7.13. The van der Waals surface area contributed by atoms with Crippen molar-refractivity contribution >= 4 is 40.8 Å². The van der Waals surface area contributed by atoms with Gasteiger partial charge in [0.05, 0.1) is 28.8 Å². The van der Waals surface area contributed by atoms with E-state index in [0.717, 1.165) is 92.3 Å². The van der Waals surface area contributed by atoms with Crippen LogP contribution in [-0.4, -0.2) is 90.8 Å². The maximum absolute atomic E-state index is 14.0. The van der Waals surface area contributed by atoms with Crippen LogP contribution >= 0.6 is 11.3 Å². The van der Waals surface area contributed by atoms with Crippen LogP contribution in [0.1, 0.15) is 128 Å². The number of nitrogens with two attached hydrogens (primary N) is 1. The van der Waals surface area contributed by atoms with E-state index in [1.54, 1.807) is 35.6 Å². The predicted octanol–water partition coefficient (Wildman–Crippen LogP) is 7.38. The quantitative estimate of drug-likeness (QED) is 0.0403. The fraction of sp³-hybridized carbons (Fsp3) is 0.549. The summed E-state index contributed by atoms with van der Waals surface area (Å²) in [6, 6.07) is 14.9. The molecule has 360 valence electrons. The van der Waals surface area contributed by atoms with E-state index in [0.29, 0.717) is 42.9 Å². The van der Waals surface area contributed by atoms with Crippen molar-refractivity contribution in [3.8, 4) is 33.2 Å². The topological polar surface area (TPSA) is 222 Å². The van der Waals surface area contributed by atoms with Crippen molar-refractivity contribution in [1.29, 1.82) is 0 Å². The number of aliphatic hydroxyl groups excluding tert-OH is 1. The third kappa shape index (κ3) is 12.5. The Bertz CT molecular complexity index is 2350. The number of anilines is 1. The van der Waals surface area contributed by atoms with Crippen molar-refractivity contribution in [2.75, 3.05) is 18.9 Å². The fourth-order valence-electron chi connectivity index (χ4n) is 10.1. The van der Waals surface area contributed by atoms with Crippen LogP contribution in [-0.2, 0) is 25.7 Å². The number of hydrogen-bond donors (Lipinski definition) is 6. The number of benzene rings is 2. The van der Waals surface area contributed by atoms with Crippen molar-refractivity contribution < 1.29 is 34.1 Å². The van der Waals surface area contributed by atoms with E-state index in [1.807, 2.05) is 63.5 Å². The van der Waals surface area contributed by atoms with Crippen LogP contribution in [0.2, 0.25) is 0 Å². The summed E-state index contributed by atoms with van der Waals surface area (Å²) in [4.78, 5) is 60.2. The lowest BCUT2D eigenvalue weighted by Crippen LogP contribution is -2.74. The molecular weight excluding hydrogens is 869 g/mol. The van der Waals surface area contributed by atoms with Gasteiger partial charge in [0.2, 0.25) is 23.6 Å².